The number of pyridine rings is 1. The summed E-state index contributed by atoms with van der Waals surface area (Å²) < 4.78 is 3.69. The van der Waals surface area contributed by atoms with E-state index >= 15 is 0 Å². The first-order chi connectivity index (χ1) is 10.6. The van der Waals surface area contributed by atoms with Gasteiger partial charge in [-0.1, -0.05) is 11.3 Å². The normalized spacial score (nSPS) is 16.0. The summed E-state index contributed by atoms with van der Waals surface area (Å²) in [7, 11) is 0. The smallest absolute Gasteiger partial charge is 0.270 e. The maximum Gasteiger partial charge on any atom is 0.270 e. The minimum absolute atomic E-state index is 0.0447. The van der Waals surface area contributed by atoms with Gasteiger partial charge in [-0.05, 0) is 31.4 Å². The van der Waals surface area contributed by atoms with Gasteiger partial charge in [0, 0.05) is 18.3 Å². The van der Waals surface area contributed by atoms with Crippen LogP contribution in [0.4, 0.5) is 0 Å². The zero-order valence-electron chi connectivity index (χ0n) is 12.2. The van der Waals surface area contributed by atoms with E-state index in [1.807, 2.05) is 29.7 Å². The second-order valence-corrected chi connectivity index (χ2v) is 5.79. The minimum atomic E-state index is -0.572. The van der Waals surface area contributed by atoms with Crippen molar-refractivity contribution in [2.75, 3.05) is 0 Å². The van der Waals surface area contributed by atoms with Gasteiger partial charge in [-0.2, -0.15) is 0 Å². The molecule has 1 aliphatic rings. The molecule has 1 aliphatic carbocycles. The van der Waals surface area contributed by atoms with Crippen LogP contribution in [-0.2, 0) is 0 Å². The summed E-state index contributed by atoms with van der Waals surface area (Å²) in [5, 5.41) is 7.76. The Morgan fingerprint density at radius 1 is 1.32 bits per heavy atom. The lowest BCUT2D eigenvalue weighted by atomic mass is 10.1. The van der Waals surface area contributed by atoms with Gasteiger partial charge in [0.2, 0.25) is 0 Å². The molecule has 1 amide bonds. The van der Waals surface area contributed by atoms with Gasteiger partial charge in [0.25, 0.3) is 5.91 Å². The van der Waals surface area contributed by atoms with Crippen molar-refractivity contribution in [3.63, 3.8) is 0 Å². The molecule has 0 bridgehead atoms. The van der Waals surface area contributed by atoms with Gasteiger partial charge in [-0.25, -0.2) is 9.67 Å². The van der Waals surface area contributed by atoms with Gasteiger partial charge < -0.3 is 10.1 Å². The van der Waals surface area contributed by atoms with Gasteiger partial charge in [0.05, 0.1) is 17.9 Å². The van der Waals surface area contributed by atoms with E-state index in [-0.39, 0.29) is 11.7 Å². The van der Waals surface area contributed by atoms with Crippen LogP contribution in [0, 0.1) is 0 Å². The average Bonchev–Trinajstić information content (AvgIpc) is 3.09. The highest BCUT2D eigenvalue weighted by Gasteiger charge is 2.26. The van der Waals surface area contributed by atoms with Crippen LogP contribution in [0.1, 0.15) is 53.5 Å². The molecule has 1 saturated carbocycles. The first-order valence-electron chi connectivity index (χ1n) is 7.32. The topological polar surface area (TPSA) is 91.1 Å². The van der Waals surface area contributed by atoms with Crippen molar-refractivity contribution >= 4 is 11.6 Å². The molecule has 0 spiro atoms. The third kappa shape index (κ3) is 2.14. The highest BCUT2D eigenvalue weighted by molar-refractivity contribution is 5.90. The molecular formula is C15H16N6O. The molecule has 3 aromatic rings. The van der Waals surface area contributed by atoms with Crippen LogP contribution in [-0.4, -0.2) is 30.3 Å². The lowest BCUT2D eigenvalue weighted by Crippen LogP contribution is -2.11. The van der Waals surface area contributed by atoms with E-state index in [9.17, 15) is 4.79 Å². The molecule has 7 heteroatoms. The average molecular weight is 296 g/mol. The number of carbonyl (C=O) groups excluding carboxylic acids is 1. The second kappa shape index (κ2) is 4.66. The molecule has 7 nitrogen and oxygen atoms in total. The van der Waals surface area contributed by atoms with E-state index in [0.29, 0.717) is 5.92 Å². The van der Waals surface area contributed by atoms with Crippen molar-refractivity contribution in [1.82, 2.24) is 24.4 Å². The van der Waals surface area contributed by atoms with Gasteiger partial charge in [-0.15, -0.1) is 5.10 Å². The molecule has 0 aliphatic heterocycles. The second-order valence-electron chi connectivity index (χ2n) is 5.79. The molecule has 3 heterocycles. The molecule has 2 N–H and O–H groups in total. The molecule has 0 unspecified atom stereocenters. The predicted molar refractivity (Wildman–Crippen MR) is 79.5 cm³/mol. The first kappa shape index (κ1) is 13.0. The van der Waals surface area contributed by atoms with Gasteiger partial charge in [0.1, 0.15) is 5.65 Å². The minimum Gasteiger partial charge on any atom is -0.364 e. The fraction of sp³-hybridized carbons (Fsp3) is 0.333. The molecule has 112 valence electrons. The summed E-state index contributed by atoms with van der Waals surface area (Å²) in [6.45, 7) is 2.00. The molecule has 3 aromatic heterocycles. The van der Waals surface area contributed by atoms with Crippen molar-refractivity contribution in [3.8, 4) is 0 Å². The summed E-state index contributed by atoms with van der Waals surface area (Å²) in [6, 6.07) is 3.98. The molecule has 1 atom stereocenters. The Kier molecular flexibility index (Phi) is 2.75. The molecule has 4 rings (SSSR count). The number of aromatic nitrogens is 5. The number of carbonyl (C=O) groups is 1. The predicted octanol–water partition coefficient (Wildman–Crippen LogP) is 1.51. The quantitative estimate of drug-likeness (QED) is 0.790. The Morgan fingerprint density at radius 3 is 2.82 bits per heavy atom. The zero-order chi connectivity index (χ0) is 15.3. The fourth-order valence-electron chi connectivity index (χ4n) is 2.58. The molecule has 0 radical (unpaired) electrons. The standard InChI is InChI=1S/C15H16N6O/c1-9(21-8-13(15(16)22)18-19-21)11-4-5-14-17-12(10-2-3-10)7-20(14)6-11/h4-10H,2-3H2,1H3,(H2,16,22)/t9-/m1/s1. The van der Waals surface area contributed by atoms with E-state index in [1.165, 1.54) is 18.5 Å². The monoisotopic (exact) mass is 296 g/mol. The number of amides is 1. The van der Waals surface area contributed by atoms with Gasteiger partial charge in [0.15, 0.2) is 5.69 Å². The van der Waals surface area contributed by atoms with Gasteiger partial charge in [-0.3, -0.25) is 4.79 Å². The number of hydrogen-bond acceptors (Lipinski definition) is 4. The number of rotatable bonds is 4. The molecule has 1 fully saturated rings. The van der Waals surface area contributed by atoms with Crippen LogP contribution in [0.3, 0.4) is 0 Å². The molecule has 0 saturated heterocycles. The largest absolute Gasteiger partial charge is 0.364 e. The summed E-state index contributed by atoms with van der Waals surface area (Å²) in [5.41, 5.74) is 8.57. The van der Waals surface area contributed by atoms with E-state index in [4.69, 9.17) is 5.73 Å². The molecular weight excluding hydrogens is 280 g/mol. The van der Waals surface area contributed by atoms with E-state index < -0.39 is 5.91 Å². The molecule has 22 heavy (non-hydrogen) atoms. The maximum atomic E-state index is 11.1. The number of nitrogens with two attached hydrogens (primary N) is 1. The lowest BCUT2D eigenvalue weighted by molar-refractivity contribution is 0.0995. The van der Waals surface area contributed by atoms with Crippen molar-refractivity contribution in [2.24, 2.45) is 5.73 Å². The van der Waals surface area contributed by atoms with Gasteiger partial charge >= 0.3 is 0 Å². The summed E-state index contributed by atoms with van der Waals surface area (Å²) in [6.07, 6.45) is 8.19. The van der Waals surface area contributed by atoms with Crippen LogP contribution in [0.2, 0.25) is 0 Å². The highest BCUT2D eigenvalue weighted by Crippen LogP contribution is 2.39. The number of imidazole rings is 1. The van der Waals surface area contributed by atoms with Crippen LogP contribution in [0.5, 0.6) is 0 Å². The van der Waals surface area contributed by atoms with Crippen molar-refractivity contribution < 1.29 is 4.79 Å². The van der Waals surface area contributed by atoms with Crippen molar-refractivity contribution in [2.45, 2.75) is 31.7 Å². The number of primary amides is 1. The van der Waals surface area contributed by atoms with Crippen LogP contribution >= 0.6 is 0 Å². The first-order valence-corrected chi connectivity index (χ1v) is 7.32. The van der Waals surface area contributed by atoms with E-state index in [0.717, 1.165) is 11.2 Å². The SMILES string of the molecule is C[C@H](c1ccc2nc(C3CC3)cn2c1)n1cc(C(N)=O)nn1. The summed E-state index contributed by atoms with van der Waals surface area (Å²) in [4.78, 5) is 15.8. The number of hydrogen-bond donors (Lipinski definition) is 1. The van der Waals surface area contributed by atoms with Crippen LogP contribution in [0.15, 0.2) is 30.7 Å². The Labute approximate surface area is 126 Å². The number of nitrogens with zero attached hydrogens (tertiary/aromatic N) is 5. The lowest BCUT2D eigenvalue weighted by Gasteiger charge is -2.11. The van der Waals surface area contributed by atoms with Crippen molar-refractivity contribution in [3.05, 3.63) is 47.7 Å². The summed E-state index contributed by atoms with van der Waals surface area (Å²) >= 11 is 0. The van der Waals surface area contributed by atoms with E-state index in [1.54, 1.807) is 10.9 Å². The molecule has 0 aromatic carbocycles. The Morgan fingerprint density at radius 2 is 2.14 bits per heavy atom. The summed E-state index contributed by atoms with van der Waals surface area (Å²) in [5.74, 6) is 0.0619. The number of fused-ring (bicyclic) bond motifs is 1. The van der Waals surface area contributed by atoms with Crippen LogP contribution in [0.25, 0.3) is 5.65 Å². The zero-order valence-corrected chi connectivity index (χ0v) is 12.2. The Balaban J connectivity index is 1.67. The Bertz CT molecular complexity index is 860. The fourth-order valence-corrected chi connectivity index (χ4v) is 2.58. The Hall–Kier alpha value is -2.70. The van der Waals surface area contributed by atoms with E-state index in [2.05, 4.69) is 21.5 Å². The third-order valence-corrected chi connectivity index (χ3v) is 4.13. The third-order valence-electron chi connectivity index (χ3n) is 4.13. The van der Waals surface area contributed by atoms with Crippen molar-refractivity contribution in [1.29, 1.82) is 0 Å². The van der Waals surface area contributed by atoms with Crippen LogP contribution < -0.4 is 5.73 Å². The maximum absolute atomic E-state index is 11.1. The highest BCUT2D eigenvalue weighted by atomic mass is 16.1.